The number of aryl methyl sites for hydroxylation is 1. The van der Waals surface area contributed by atoms with Crippen LogP contribution in [0.5, 0.6) is 0 Å². The Balaban J connectivity index is 0. The Kier molecular flexibility index (Phi) is 10.2. The summed E-state index contributed by atoms with van der Waals surface area (Å²) in [5, 5.41) is 8.90. The fourth-order valence-corrected chi connectivity index (χ4v) is 1.32. The third-order valence-electron chi connectivity index (χ3n) is 2.02. The van der Waals surface area contributed by atoms with Crippen LogP contribution < -0.4 is 5.73 Å². The molecule has 0 spiro atoms. The zero-order valence-corrected chi connectivity index (χ0v) is 11.4. The quantitative estimate of drug-likeness (QED) is 0.625. The first-order valence-corrected chi connectivity index (χ1v) is 5.61. The first-order valence-electron chi connectivity index (χ1n) is 5.61. The van der Waals surface area contributed by atoms with Gasteiger partial charge in [0.05, 0.1) is 5.57 Å². The summed E-state index contributed by atoms with van der Waals surface area (Å²) in [6.45, 7) is 9.60. The number of rotatable bonds is 2. The molecular formula is C14H21NO3. The summed E-state index contributed by atoms with van der Waals surface area (Å²) in [5.41, 5.74) is 8.07. The lowest BCUT2D eigenvalue weighted by Gasteiger charge is -2.06. The minimum atomic E-state index is -0.956. The van der Waals surface area contributed by atoms with Gasteiger partial charge >= 0.3 is 5.97 Å². The van der Waals surface area contributed by atoms with Gasteiger partial charge in [-0.1, -0.05) is 32.1 Å². The van der Waals surface area contributed by atoms with E-state index in [4.69, 9.17) is 15.6 Å². The Morgan fingerprint density at radius 1 is 1.33 bits per heavy atom. The normalized spacial score (nSPS) is 9.44. The maximum Gasteiger partial charge on any atom is 0.336 e. The maximum absolute atomic E-state index is 10.8. The number of allylic oxidation sites excluding steroid dienone is 1. The van der Waals surface area contributed by atoms with Gasteiger partial charge in [0.2, 0.25) is 0 Å². The second kappa shape index (κ2) is 10.1. The van der Waals surface area contributed by atoms with Crippen molar-refractivity contribution < 1.29 is 14.7 Å². The Morgan fingerprint density at radius 2 is 1.83 bits per heavy atom. The van der Waals surface area contributed by atoms with Gasteiger partial charge in [0, 0.05) is 11.3 Å². The molecule has 0 aromatic heterocycles. The van der Waals surface area contributed by atoms with Gasteiger partial charge in [-0.25, -0.2) is 4.79 Å². The van der Waals surface area contributed by atoms with E-state index in [9.17, 15) is 4.79 Å². The van der Waals surface area contributed by atoms with Gasteiger partial charge in [0.15, 0.2) is 0 Å². The summed E-state index contributed by atoms with van der Waals surface area (Å²) in [7, 11) is 0. The number of carboxylic acid groups (broad SMARTS) is 1. The maximum atomic E-state index is 10.8. The lowest BCUT2D eigenvalue weighted by Crippen LogP contribution is -2.02. The molecule has 3 N–H and O–H groups in total. The molecule has 100 valence electrons. The molecule has 0 fully saturated rings. The van der Waals surface area contributed by atoms with E-state index in [0.717, 1.165) is 5.56 Å². The molecule has 0 bridgehead atoms. The molecule has 18 heavy (non-hydrogen) atoms. The summed E-state index contributed by atoms with van der Waals surface area (Å²) in [5.74, 6) is -0.956. The van der Waals surface area contributed by atoms with Crippen LogP contribution in [0.25, 0.3) is 5.57 Å². The van der Waals surface area contributed by atoms with Crippen LogP contribution in [0.2, 0.25) is 0 Å². The van der Waals surface area contributed by atoms with Crippen LogP contribution in [0.3, 0.4) is 0 Å². The van der Waals surface area contributed by atoms with Crippen LogP contribution in [0, 0.1) is 6.92 Å². The lowest BCUT2D eigenvalue weighted by atomic mass is 10.0. The number of nitrogen functional groups attached to an aromatic ring is 1. The molecule has 0 heterocycles. The number of carbonyl (C=O) groups is 2. The van der Waals surface area contributed by atoms with Gasteiger partial charge in [-0.3, -0.25) is 0 Å². The Labute approximate surface area is 108 Å². The highest BCUT2D eigenvalue weighted by Gasteiger charge is 2.11. The lowest BCUT2D eigenvalue weighted by molar-refractivity contribution is -0.130. The van der Waals surface area contributed by atoms with Crippen LogP contribution in [0.1, 0.15) is 31.9 Å². The van der Waals surface area contributed by atoms with E-state index < -0.39 is 5.97 Å². The van der Waals surface area contributed by atoms with Crippen molar-refractivity contribution >= 4 is 24.0 Å². The Hall–Kier alpha value is -2.10. The number of nitrogens with two attached hydrogens (primary N) is 1. The molecule has 0 amide bonds. The molecule has 0 saturated carbocycles. The zero-order chi connectivity index (χ0) is 14.7. The third kappa shape index (κ3) is 5.30. The summed E-state index contributed by atoms with van der Waals surface area (Å²) in [4.78, 5) is 18.8. The summed E-state index contributed by atoms with van der Waals surface area (Å²) < 4.78 is 0. The number of anilines is 1. The van der Waals surface area contributed by atoms with E-state index in [2.05, 4.69) is 0 Å². The number of carboxylic acids is 1. The van der Waals surface area contributed by atoms with Crippen molar-refractivity contribution in [2.75, 3.05) is 5.73 Å². The van der Waals surface area contributed by atoms with E-state index in [1.165, 1.54) is 0 Å². The van der Waals surface area contributed by atoms with Crippen molar-refractivity contribution in [1.82, 2.24) is 0 Å². The predicted molar refractivity (Wildman–Crippen MR) is 75.3 cm³/mol. The molecule has 0 atom stereocenters. The average Bonchev–Trinajstić information content (AvgIpc) is 2.37. The molecule has 0 radical (unpaired) electrons. The molecule has 4 heteroatoms. The molecule has 0 aliphatic heterocycles. The van der Waals surface area contributed by atoms with Gasteiger partial charge in [0.1, 0.15) is 6.79 Å². The number of benzene rings is 1. The van der Waals surface area contributed by atoms with Crippen molar-refractivity contribution in [2.24, 2.45) is 0 Å². The monoisotopic (exact) mass is 251 g/mol. The molecule has 0 aliphatic rings. The number of hydrogen-bond acceptors (Lipinski definition) is 3. The molecule has 0 saturated heterocycles. The van der Waals surface area contributed by atoms with Crippen LogP contribution >= 0.6 is 0 Å². The highest BCUT2D eigenvalue weighted by Crippen LogP contribution is 2.22. The van der Waals surface area contributed by atoms with E-state index in [1.807, 2.05) is 33.6 Å². The number of aliphatic carboxylic acids is 1. The van der Waals surface area contributed by atoms with Crippen molar-refractivity contribution in [1.29, 1.82) is 0 Å². The number of carbonyl (C=O) groups excluding carboxylic acids is 1. The van der Waals surface area contributed by atoms with E-state index >= 15 is 0 Å². The minimum Gasteiger partial charge on any atom is -0.478 e. The van der Waals surface area contributed by atoms with Crippen LogP contribution in [0.15, 0.2) is 24.3 Å². The van der Waals surface area contributed by atoms with Gasteiger partial charge in [0.25, 0.3) is 0 Å². The molecule has 0 aliphatic carbocycles. The first kappa shape index (κ1) is 18.3. The third-order valence-corrected chi connectivity index (χ3v) is 2.02. The topological polar surface area (TPSA) is 80.4 Å². The number of hydrogen-bond donors (Lipinski definition) is 2. The summed E-state index contributed by atoms with van der Waals surface area (Å²) >= 11 is 0. The molecule has 1 aromatic rings. The largest absolute Gasteiger partial charge is 0.478 e. The molecule has 4 nitrogen and oxygen atoms in total. The Bertz CT molecular complexity index is 412. The van der Waals surface area contributed by atoms with Crippen LogP contribution in [-0.4, -0.2) is 17.9 Å². The summed E-state index contributed by atoms with van der Waals surface area (Å²) in [6.07, 6.45) is 1.54. The van der Waals surface area contributed by atoms with Crippen molar-refractivity contribution in [3.05, 3.63) is 35.4 Å². The van der Waals surface area contributed by atoms with Crippen LogP contribution in [-0.2, 0) is 9.59 Å². The van der Waals surface area contributed by atoms with Gasteiger partial charge in [-0.15, -0.1) is 0 Å². The molecular weight excluding hydrogens is 230 g/mol. The van der Waals surface area contributed by atoms with Gasteiger partial charge < -0.3 is 15.6 Å². The van der Waals surface area contributed by atoms with Crippen molar-refractivity contribution in [2.45, 2.75) is 27.7 Å². The van der Waals surface area contributed by atoms with Crippen molar-refractivity contribution in [3.8, 4) is 0 Å². The van der Waals surface area contributed by atoms with Crippen LogP contribution in [0.4, 0.5) is 5.69 Å². The average molecular weight is 251 g/mol. The fraction of sp³-hybridized carbons (Fsp3) is 0.286. The van der Waals surface area contributed by atoms with Gasteiger partial charge in [-0.05, 0) is 25.5 Å². The first-order chi connectivity index (χ1) is 8.56. The van der Waals surface area contributed by atoms with Crippen molar-refractivity contribution in [3.63, 3.8) is 0 Å². The SMILES string of the molecule is C/C=C(/C(=O)O)c1ccc(C)cc1N.C=O.CC. The van der Waals surface area contributed by atoms with E-state index in [1.54, 1.807) is 25.1 Å². The smallest absolute Gasteiger partial charge is 0.336 e. The molecule has 1 aromatic carbocycles. The second-order valence-electron chi connectivity index (χ2n) is 3.10. The van der Waals surface area contributed by atoms with E-state index in [-0.39, 0.29) is 5.57 Å². The minimum absolute atomic E-state index is 0.238. The molecule has 1 rings (SSSR count). The van der Waals surface area contributed by atoms with Gasteiger partial charge in [-0.2, -0.15) is 0 Å². The second-order valence-corrected chi connectivity index (χ2v) is 3.10. The Morgan fingerprint density at radius 3 is 2.17 bits per heavy atom. The predicted octanol–water partition coefficient (Wildman–Crippen LogP) is 2.91. The fourth-order valence-electron chi connectivity index (χ4n) is 1.32. The highest BCUT2D eigenvalue weighted by atomic mass is 16.4. The summed E-state index contributed by atoms with van der Waals surface area (Å²) in [6, 6.07) is 5.34. The molecule has 0 unspecified atom stereocenters. The van der Waals surface area contributed by atoms with E-state index in [0.29, 0.717) is 11.3 Å². The zero-order valence-electron chi connectivity index (χ0n) is 11.4. The standard InChI is InChI=1S/C11H13NO2.C2H6.CH2O/c1-3-8(11(13)14)9-5-4-7(2)6-10(9)12;2*1-2/h3-6H,12H2,1-2H3,(H,13,14);1-2H3;1H2/b8-3+;;. The highest BCUT2D eigenvalue weighted by molar-refractivity contribution is 6.16.